The maximum Gasteiger partial charge on any atom is 0.225 e. The van der Waals surface area contributed by atoms with Crippen LogP contribution in [0.3, 0.4) is 0 Å². The second-order valence-electron chi connectivity index (χ2n) is 6.05. The second kappa shape index (κ2) is 7.09. The van der Waals surface area contributed by atoms with E-state index in [-0.39, 0.29) is 30.7 Å². The highest BCUT2D eigenvalue weighted by Gasteiger charge is 2.34. The molecule has 4 nitrogen and oxygen atoms in total. The molecule has 1 aliphatic heterocycles. The zero-order valence-corrected chi connectivity index (χ0v) is 13.5. The number of carbonyl (C=O) groups is 2. The molecule has 0 bridgehead atoms. The molecule has 1 N–H and O–H groups in total. The minimum absolute atomic E-state index is 0.00604. The first-order valence-corrected chi connectivity index (χ1v) is 7.74. The van der Waals surface area contributed by atoms with Gasteiger partial charge in [-0.15, -0.1) is 0 Å². The number of nitrogens with one attached hydrogen (secondary N) is 1. The largest absolute Gasteiger partial charge is 0.352 e. The summed E-state index contributed by atoms with van der Waals surface area (Å²) < 4.78 is 13.6. The van der Waals surface area contributed by atoms with Crippen LogP contribution in [-0.4, -0.2) is 29.8 Å². The van der Waals surface area contributed by atoms with E-state index in [0.717, 1.165) is 0 Å². The minimum atomic E-state index is -0.447. The van der Waals surface area contributed by atoms with Crippen LogP contribution in [0.15, 0.2) is 18.2 Å². The van der Waals surface area contributed by atoms with Crippen molar-refractivity contribution in [2.75, 3.05) is 13.1 Å². The maximum atomic E-state index is 13.6. The zero-order chi connectivity index (χ0) is 16.3. The van der Waals surface area contributed by atoms with Crippen LogP contribution in [0.4, 0.5) is 4.39 Å². The van der Waals surface area contributed by atoms with Gasteiger partial charge in [0.1, 0.15) is 5.82 Å². The number of likely N-dealkylation sites (tertiary alicyclic amines) is 1. The summed E-state index contributed by atoms with van der Waals surface area (Å²) in [4.78, 5) is 25.7. The van der Waals surface area contributed by atoms with Crippen LogP contribution in [-0.2, 0) is 16.1 Å². The fourth-order valence-electron chi connectivity index (χ4n) is 2.56. The SMILES string of the molecule is CC(C)CN1CC(C(=O)NCc2ccc(Cl)cc2F)CC1=O. The lowest BCUT2D eigenvalue weighted by Gasteiger charge is -2.18. The molecule has 0 aromatic heterocycles. The van der Waals surface area contributed by atoms with Gasteiger partial charge in [0.2, 0.25) is 11.8 Å². The molecule has 0 saturated carbocycles. The van der Waals surface area contributed by atoms with Crippen LogP contribution < -0.4 is 5.32 Å². The molecular weight excluding hydrogens is 307 g/mol. The summed E-state index contributed by atoms with van der Waals surface area (Å²) in [7, 11) is 0. The summed E-state index contributed by atoms with van der Waals surface area (Å²) in [5.41, 5.74) is 0.376. The highest BCUT2D eigenvalue weighted by atomic mass is 35.5. The van der Waals surface area contributed by atoms with Crippen LogP contribution in [0.25, 0.3) is 0 Å². The average molecular weight is 327 g/mol. The third-order valence-corrected chi connectivity index (χ3v) is 3.87. The molecule has 1 heterocycles. The number of hydrogen-bond acceptors (Lipinski definition) is 2. The maximum absolute atomic E-state index is 13.6. The average Bonchev–Trinajstić information content (AvgIpc) is 2.78. The number of halogens is 2. The van der Waals surface area contributed by atoms with Gasteiger partial charge >= 0.3 is 0 Å². The van der Waals surface area contributed by atoms with Crippen LogP contribution in [0.1, 0.15) is 25.8 Å². The lowest BCUT2D eigenvalue weighted by atomic mass is 10.1. The Labute approximate surface area is 134 Å². The molecule has 0 radical (unpaired) electrons. The van der Waals surface area contributed by atoms with Crippen molar-refractivity contribution in [3.63, 3.8) is 0 Å². The molecule has 1 atom stereocenters. The van der Waals surface area contributed by atoms with E-state index in [0.29, 0.717) is 29.6 Å². The fourth-order valence-corrected chi connectivity index (χ4v) is 2.72. The Bertz CT molecular complexity index is 577. The summed E-state index contributed by atoms with van der Waals surface area (Å²) in [6, 6.07) is 4.34. The van der Waals surface area contributed by atoms with E-state index in [1.165, 1.54) is 6.07 Å². The minimum Gasteiger partial charge on any atom is -0.352 e. The molecule has 2 rings (SSSR count). The van der Waals surface area contributed by atoms with Crippen molar-refractivity contribution in [1.82, 2.24) is 10.2 Å². The van der Waals surface area contributed by atoms with E-state index < -0.39 is 5.82 Å². The fraction of sp³-hybridized carbons (Fsp3) is 0.500. The van der Waals surface area contributed by atoms with Gasteiger partial charge < -0.3 is 10.2 Å². The molecule has 120 valence electrons. The lowest BCUT2D eigenvalue weighted by molar-refractivity contribution is -0.129. The molecule has 22 heavy (non-hydrogen) atoms. The number of nitrogens with zero attached hydrogens (tertiary/aromatic N) is 1. The van der Waals surface area contributed by atoms with Gasteiger partial charge in [-0.05, 0) is 18.1 Å². The smallest absolute Gasteiger partial charge is 0.225 e. The third kappa shape index (κ3) is 4.19. The number of benzene rings is 1. The summed E-state index contributed by atoms with van der Waals surface area (Å²) in [5.74, 6) is -0.646. The molecule has 1 aliphatic rings. The summed E-state index contributed by atoms with van der Waals surface area (Å²) in [6.07, 6.45) is 0.224. The molecule has 2 amide bonds. The van der Waals surface area contributed by atoms with Crippen molar-refractivity contribution < 1.29 is 14.0 Å². The summed E-state index contributed by atoms with van der Waals surface area (Å²) in [6.45, 7) is 5.26. The Morgan fingerprint density at radius 2 is 2.23 bits per heavy atom. The normalized spacial score (nSPS) is 18.1. The van der Waals surface area contributed by atoms with Gasteiger partial charge in [0, 0.05) is 36.6 Å². The highest BCUT2D eigenvalue weighted by Crippen LogP contribution is 2.20. The quantitative estimate of drug-likeness (QED) is 0.904. The highest BCUT2D eigenvalue weighted by molar-refractivity contribution is 6.30. The Kier molecular flexibility index (Phi) is 5.40. The zero-order valence-electron chi connectivity index (χ0n) is 12.7. The number of carbonyl (C=O) groups excluding carboxylic acids is 2. The molecule has 1 aromatic carbocycles. The van der Waals surface area contributed by atoms with E-state index in [9.17, 15) is 14.0 Å². The standard InChI is InChI=1S/C16H20ClFN2O2/c1-10(2)8-20-9-12(5-15(20)21)16(22)19-7-11-3-4-13(17)6-14(11)18/h3-4,6,10,12H,5,7-9H2,1-2H3,(H,19,22). The van der Waals surface area contributed by atoms with Crippen molar-refractivity contribution in [2.24, 2.45) is 11.8 Å². The first-order chi connectivity index (χ1) is 10.4. The van der Waals surface area contributed by atoms with E-state index in [1.807, 2.05) is 13.8 Å². The van der Waals surface area contributed by atoms with Crippen LogP contribution in [0, 0.1) is 17.7 Å². The Morgan fingerprint density at radius 3 is 2.86 bits per heavy atom. The third-order valence-electron chi connectivity index (χ3n) is 3.64. The monoisotopic (exact) mass is 326 g/mol. The van der Waals surface area contributed by atoms with Crippen LogP contribution in [0.2, 0.25) is 5.02 Å². The van der Waals surface area contributed by atoms with E-state index in [4.69, 9.17) is 11.6 Å². The van der Waals surface area contributed by atoms with Gasteiger partial charge in [0.15, 0.2) is 0 Å². The van der Waals surface area contributed by atoms with Gasteiger partial charge in [-0.25, -0.2) is 4.39 Å². The van der Waals surface area contributed by atoms with Gasteiger partial charge in [0.05, 0.1) is 5.92 Å². The predicted octanol–water partition coefficient (Wildman–Crippen LogP) is 2.60. The predicted molar refractivity (Wildman–Crippen MR) is 82.8 cm³/mol. The Morgan fingerprint density at radius 1 is 1.50 bits per heavy atom. The molecule has 6 heteroatoms. The van der Waals surface area contributed by atoms with Gasteiger partial charge in [-0.2, -0.15) is 0 Å². The van der Waals surface area contributed by atoms with Crippen LogP contribution in [0.5, 0.6) is 0 Å². The number of amides is 2. The Balaban J connectivity index is 1.89. The van der Waals surface area contributed by atoms with E-state index in [1.54, 1.807) is 17.0 Å². The molecule has 1 unspecified atom stereocenters. The molecular formula is C16H20ClFN2O2. The van der Waals surface area contributed by atoms with Crippen molar-refractivity contribution in [3.8, 4) is 0 Å². The van der Waals surface area contributed by atoms with Crippen molar-refractivity contribution in [2.45, 2.75) is 26.8 Å². The van der Waals surface area contributed by atoms with Gasteiger partial charge in [-0.3, -0.25) is 9.59 Å². The van der Waals surface area contributed by atoms with E-state index in [2.05, 4.69) is 5.32 Å². The number of rotatable bonds is 5. The van der Waals surface area contributed by atoms with Gasteiger partial charge in [0.25, 0.3) is 0 Å². The van der Waals surface area contributed by atoms with Crippen LogP contribution >= 0.6 is 11.6 Å². The summed E-state index contributed by atoms with van der Waals surface area (Å²) in [5, 5.41) is 3.01. The first-order valence-electron chi connectivity index (χ1n) is 7.36. The van der Waals surface area contributed by atoms with E-state index >= 15 is 0 Å². The second-order valence-corrected chi connectivity index (χ2v) is 6.48. The molecule has 1 saturated heterocycles. The first kappa shape index (κ1) is 16.7. The number of hydrogen-bond donors (Lipinski definition) is 1. The molecule has 0 aliphatic carbocycles. The van der Waals surface area contributed by atoms with Gasteiger partial charge in [-0.1, -0.05) is 31.5 Å². The van der Waals surface area contributed by atoms with Crippen molar-refractivity contribution >= 4 is 23.4 Å². The van der Waals surface area contributed by atoms with Crippen molar-refractivity contribution in [1.29, 1.82) is 0 Å². The summed E-state index contributed by atoms with van der Waals surface area (Å²) >= 11 is 5.69. The molecule has 1 aromatic rings. The topological polar surface area (TPSA) is 49.4 Å². The lowest BCUT2D eigenvalue weighted by Crippen LogP contribution is -2.34. The Hall–Kier alpha value is -1.62. The molecule has 1 fully saturated rings. The van der Waals surface area contributed by atoms with Crippen molar-refractivity contribution in [3.05, 3.63) is 34.6 Å². The molecule has 0 spiro atoms.